The van der Waals surface area contributed by atoms with Gasteiger partial charge in [-0.15, -0.1) is 0 Å². The standard InChI is InChI=1S/C12H13ClN4O/c1-7-8(5-14-17(7)2)12-15-10-3-4-18-6-9(10)11(13)16-12/h5H,3-4,6H2,1-2H3. The zero-order valence-corrected chi connectivity index (χ0v) is 11.0. The molecule has 0 amide bonds. The van der Waals surface area contributed by atoms with E-state index in [0.717, 1.165) is 28.9 Å². The largest absolute Gasteiger partial charge is 0.376 e. The molecular weight excluding hydrogens is 252 g/mol. The zero-order valence-electron chi connectivity index (χ0n) is 10.3. The van der Waals surface area contributed by atoms with Crippen LogP contribution in [0.15, 0.2) is 6.20 Å². The van der Waals surface area contributed by atoms with E-state index in [1.165, 1.54) is 0 Å². The number of rotatable bonds is 1. The number of ether oxygens (including phenoxy) is 1. The molecule has 0 bridgehead atoms. The van der Waals surface area contributed by atoms with Crippen LogP contribution in [0.3, 0.4) is 0 Å². The van der Waals surface area contributed by atoms with Crippen LogP contribution in [0.5, 0.6) is 0 Å². The molecule has 18 heavy (non-hydrogen) atoms. The highest BCUT2D eigenvalue weighted by atomic mass is 35.5. The first-order valence-corrected chi connectivity index (χ1v) is 6.16. The molecule has 1 aliphatic heterocycles. The Bertz CT molecular complexity index is 608. The lowest BCUT2D eigenvalue weighted by molar-refractivity contribution is 0.109. The molecule has 0 saturated carbocycles. The minimum Gasteiger partial charge on any atom is -0.376 e. The minimum absolute atomic E-state index is 0.484. The van der Waals surface area contributed by atoms with Gasteiger partial charge in [-0.05, 0) is 6.92 Å². The van der Waals surface area contributed by atoms with Crippen molar-refractivity contribution in [3.8, 4) is 11.4 Å². The molecule has 0 fully saturated rings. The molecule has 0 saturated heterocycles. The van der Waals surface area contributed by atoms with Crippen molar-refractivity contribution in [2.75, 3.05) is 6.61 Å². The summed E-state index contributed by atoms with van der Waals surface area (Å²) in [4.78, 5) is 8.94. The Morgan fingerprint density at radius 2 is 2.22 bits per heavy atom. The fourth-order valence-corrected chi connectivity index (χ4v) is 2.27. The summed E-state index contributed by atoms with van der Waals surface area (Å²) in [6.45, 7) is 3.18. The van der Waals surface area contributed by atoms with E-state index in [4.69, 9.17) is 16.3 Å². The lowest BCUT2D eigenvalue weighted by Gasteiger charge is -2.17. The molecule has 1 aliphatic rings. The second-order valence-corrected chi connectivity index (χ2v) is 4.69. The van der Waals surface area contributed by atoms with Crippen LogP contribution < -0.4 is 0 Å². The van der Waals surface area contributed by atoms with E-state index in [0.29, 0.717) is 24.2 Å². The molecule has 0 aliphatic carbocycles. The van der Waals surface area contributed by atoms with Gasteiger partial charge in [0.05, 0.1) is 30.7 Å². The summed E-state index contributed by atoms with van der Waals surface area (Å²) in [7, 11) is 1.90. The molecular formula is C12H13ClN4O. The molecule has 3 heterocycles. The van der Waals surface area contributed by atoms with Gasteiger partial charge in [0.25, 0.3) is 0 Å². The lowest BCUT2D eigenvalue weighted by Crippen LogP contribution is -2.14. The van der Waals surface area contributed by atoms with Crippen LogP contribution in [-0.2, 0) is 24.8 Å². The maximum absolute atomic E-state index is 6.20. The Labute approximate surface area is 110 Å². The van der Waals surface area contributed by atoms with Crippen molar-refractivity contribution in [1.82, 2.24) is 19.7 Å². The summed E-state index contributed by atoms with van der Waals surface area (Å²) in [6.07, 6.45) is 2.55. The Morgan fingerprint density at radius 1 is 1.39 bits per heavy atom. The number of fused-ring (bicyclic) bond motifs is 1. The Kier molecular flexibility index (Phi) is 2.80. The van der Waals surface area contributed by atoms with Crippen LogP contribution in [-0.4, -0.2) is 26.4 Å². The first-order chi connectivity index (χ1) is 8.66. The summed E-state index contributed by atoms with van der Waals surface area (Å²) in [5, 5.41) is 4.69. The van der Waals surface area contributed by atoms with Crippen LogP contribution in [0.25, 0.3) is 11.4 Å². The third kappa shape index (κ3) is 1.79. The number of nitrogens with zero attached hydrogens (tertiary/aromatic N) is 4. The van der Waals surface area contributed by atoms with Crippen molar-refractivity contribution < 1.29 is 4.74 Å². The molecule has 0 N–H and O–H groups in total. The topological polar surface area (TPSA) is 52.8 Å². The van der Waals surface area contributed by atoms with Gasteiger partial charge in [-0.25, -0.2) is 9.97 Å². The third-order valence-corrected chi connectivity index (χ3v) is 3.56. The van der Waals surface area contributed by atoms with E-state index in [1.54, 1.807) is 10.9 Å². The summed E-state index contributed by atoms with van der Waals surface area (Å²) >= 11 is 6.20. The van der Waals surface area contributed by atoms with Gasteiger partial charge in [0.1, 0.15) is 5.15 Å². The van der Waals surface area contributed by atoms with Gasteiger partial charge in [0, 0.05) is 24.7 Å². The quantitative estimate of drug-likeness (QED) is 0.739. The molecule has 0 radical (unpaired) electrons. The maximum Gasteiger partial charge on any atom is 0.164 e. The molecule has 5 nitrogen and oxygen atoms in total. The highest BCUT2D eigenvalue weighted by Gasteiger charge is 2.19. The number of aryl methyl sites for hydroxylation is 1. The fourth-order valence-electron chi connectivity index (χ4n) is 2.03. The Morgan fingerprint density at radius 3 is 2.94 bits per heavy atom. The summed E-state index contributed by atoms with van der Waals surface area (Å²) in [5.41, 5.74) is 3.85. The molecule has 3 rings (SSSR count). The molecule has 0 spiro atoms. The second-order valence-electron chi connectivity index (χ2n) is 4.33. The van der Waals surface area contributed by atoms with Crippen molar-refractivity contribution in [2.45, 2.75) is 20.0 Å². The highest BCUT2D eigenvalue weighted by molar-refractivity contribution is 6.30. The van der Waals surface area contributed by atoms with Crippen LogP contribution in [0.1, 0.15) is 17.0 Å². The molecule has 94 valence electrons. The molecule has 2 aromatic heterocycles. The first-order valence-electron chi connectivity index (χ1n) is 5.79. The molecule has 2 aromatic rings. The van der Waals surface area contributed by atoms with Crippen molar-refractivity contribution in [2.24, 2.45) is 7.05 Å². The van der Waals surface area contributed by atoms with Gasteiger partial charge in [-0.2, -0.15) is 5.10 Å². The minimum atomic E-state index is 0.484. The molecule has 0 aromatic carbocycles. The van der Waals surface area contributed by atoms with Crippen LogP contribution >= 0.6 is 11.6 Å². The normalized spacial score (nSPS) is 14.6. The van der Waals surface area contributed by atoms with Gasteiger partial charge >= 0.3 is 0 Å². The predicted octanol–water partition coefficient (Wildman–Crippen LogP) is 1.91. The second kappa shape index (κ2) is 4.33. The van der Waals surface area contributed by atoms with Crippen molar-refractivity contribution in [3.05, 3.63) is 28.3 Å². The SMILES string of the molecule is Cc1c(-c2nc(Cl)c3c(n2)CCOC3)cnn1C. The zero-order chi connectivity index (χ0) is 12.7. The summed E-state index contributed by atoms with van der Waals surface area (Å²) in [5.74, 6) is 0.645. The van der Waals surface area contributed by atoms with E-state index < -0.39 is 0 Å². The van der Waals surface area contributed by atoms with Crippen LogP contribution in [0.4, 0.5) is 0 Å². The Hall–Kier alpha value is -1.46. The molecule has 6 heteroatoms. The van der Waals surface area contributed by atoms with E-state index in [-0.39, 0.29) is 0 Å². The summed E-state index contributed by atoms with van der Waals surface area (Å²) in [6, 6.07) is 0. The smallest absolute Gasteiger partial charge is 0.164 e. The van der Waals surface area contributed by atoms with Gasteiger partial charge in [0.15, 0.2) is 5.82 Å². The molecule has 0 atom stereocenters. The lowest BCUT2D eigenvalue weighted by atomic mass is 10.1. The number of halogens is 1. The first kappa shape index (κ1) is 11.6. The van der Waals surface area contributed by atoms with E-state index in [9.17, 15) is 0 Å². The van der Waals surface area contributed by atoms with Gasteiger partial charge < -0.3 is 4.74 Å². The predicted molar refractivity (Wildman–Crippen MR) is 67.3 cm³/mol. The number of hydrogen-bond donors (Lipinski definition) is 0. The van der Waals surface area contributed by atoms with Gasteiger partial charge in [0.2, 0.25) is 0 Å². The van der Waals surface area contributed by atoms with E-state index in [1.807, 2.05) is 14.0 Å². The Balaban J connectivity index is 2.14. The van der Waals surface area contributed by atoms with Crippen molar-refractivity contribution in [1.29, 1.82) is 0 Å². The summed E-state index contributed by atoms with van der Waals surface area (Å²) < 4.78 is 7.17. The van der Waals surface area contributed by atoms with Gasteiger partial charge in [-0.3, -0.25) is 4.68 Å². The monoisotopic (exact) mass is 264 g/mol. The fraction of sp³-hybridized carbons (Fsp3) is 0.417. The number of aromatic nitrogens is 4. The van der Waals surface area contributed by atoms with E-state index in [2.05, 4.69) is 15.1 Å². The molecule has 0 unspecified atom stereocenters. The van der Waals surface area contributed by atoms with Gasteiger partial charge in [-0.1, -0.05) is 11.6 Å². The van der Waals surface area contributed by atoms with Crippen molar-refractivity contribution >= 4 is 11.6 Å². The maximum atomic E-state index is 6.20. The number of hydrogen-bond acceptors (Lipinski definition) is 4. The average Bonchev–Trinajstić information content (AvgIpc) is 2.70. The third-order valence-electron chi connectivity index (χ3n) is 3.25. The van der Waals surface area contributed by atoms with E-state index >= 15 is 0 Å². The van der Waals surface area contributed by atoms with Crippen molar-refractivity contribution in [3.63, 3.8) is 0 Å². The van der Waals surface area contributed by atoms with Crippen LogP contribution in [0.2, 0.25) is 5.15 Å². The average molecular weight is 265 g/mol. The highest BCUT2D eigenvalue weighted by Crippen LogP contribution is 2.27. The van der Waals surface area contributed by atoms with Crippen LogP contribution in [0, 0.1) is 6.92 Å².